The van der Waals surface area contributed by atoms with Gasteiger partial charge in [-0.2, -0.15) is 0 Å². The van der Waals surface area contributed by atoms with Crippen LogP contribution in [0.15, 0.2) is 72.8 Å². The number of pyridine rings is 1. The standard InChI is InChI=1S/C19H12ClN/c20-18-12-14-7-2-4-10-16(14)19(21-18)17-11-5-8-13-6-1-3-9-15(13)17/h1-12H. The van der Waals surface area contributed by atoms with Gasteiger partial charge in [0.15, 0.2) is 0 Å². The van der Waals surface area contributed by atoms with Gasteiger partial charge < -0.3 is 0 Å². The molecule has 0 spiro atoms. The highest BCUT2D eigenvalue weighted by Crippen LogP contribution is 2.33. The van der Waals surface area contributed by atoms with E-state index in [1.54, 1.807) is 0 Å². The molecule has 4 aromatic rings. The molecule has 1 aromatic heterocycles. The van der Waals surface area contributed by atoms with Crippen molar-refractivity contribution in [3.8, 4) is 11.3 Å². The quantitative estimate of drug-likeness (QED) is 0.409. The second kappa shape index (κ2) is 4.87. The minimum atomic E-state index is 0.525. The van der Waals surface area contributed by atoms with Crippen molar-refractivity contribution in [3.05, 3.63) is 77.9 Å². The van der Waals surface area contributed by atoms with E-state index in [4.69, 9.17) is 11.6 Å². The number of benzene rings is 3. The van der Waals surface area contributed by atoms with Gasteiger partial charge in [0.2, 0.25) is 0 Å². The summed E-state index contributed by atoms with van der Waals surface area (Å²) < 4.78 is 0. The molecule has 1 heterocycles. The molecule has 100 valence electrons. The van der Waals surface area contributed by atoms with E-state index in [9.17, 15) is 0 Å². The van der Waals surface area contributed by atoms with E-state index in [1.807, 2.05) is 18.2 Å². The Kier molecular flexibility index (Phi) is 2.87. The smallest absolute Gasteiger partial charge is 0.130 e. The van der Waals surface area contributed by atoms with Crippen LogP contribution in [-0.4, -0.2) is 4.98 Å². The fraction of sp³-hybridized carbons (Fsp3) is 0. The SMILES string of the molecule is Clc1cc2ccccc2c(-c2cccc3ccccc23)n1. The second-order valence-electron chi connectivity index (χ2n) is 5.04. The number of nitrogens with zero attached hydrogens (tertiary/aromatic N) is 1. The van der Waals surface area contributed by atoms with Gasteiger partial charge in [-0.25, -0.2) is 4.98 Å². The van der Waals surface area contributed by atoms with E-state index in [0.29, 0.717) is 5.15 Å². The van der Waals surface area contributed by atoms with Crippen molar-refractivity contribution in [2.75, 3.05) is 0 Å². The van der Waals surface area contributed by atoms with Crippen molar-refractivity contribution in [1.29, 1.82) is 0 Å². The molecular weight excluding hydrogens is 278 g/mol. The van der Waals surface area contributed by atoms with Crippen LogP contribution in [0.25, 0.3) is 32.8 Å². The predicted octanol–water partition coefficient (Wildman–Crippen LogP) is 5.71. The van der Waals surface area contributed by atoms with Gasteiger partial charge in [-0.05, 0) is 22.2 Å². The molecule has 21 heavy (non-hydrogen) atoms. The summed E-state index contributed by atoms with van der Waals surface area (Å²) in [6.07, 6.45) is 0. The first-order valence-corrected chi connectivity index (χ1v) is 7.24. The first kappa shape index (κ1) is 12.4. The van der Waals surface area contributed by atoms with Gasteiger partial charge in [-0.1, -0.05) is 78.3 Å². The fourth-order valence-corrected chi connectivity index (χ4v) is 3.01. The van der Waals surface area contributed by atoms with Gasteiger partial charge >= 0.3 is 0 Å². The molecule has 0 aliphatic heterocycles. The summed E-state index contributed by atoms with van der Waals surface area (Å²) in [5.74, 6) is 0. The number of aromatic nitrogens is 1. The summed E-state index contributed by atoms with van der Waals surface area (Å²) >= 11 is 6.21. The molecule has 0 aliphatic carbocycles. The second-order valence-corrected chi connectivity index (χ2v) is 5.43. The Hall–Kier alpha value is -2.38. The van der Waals surface area contributed by atoms with Crippen LogP contribution in [0.2, 0.25) is 5.15 Å². The van der Waals surface area contributed by atoms with Crippen molar-refractivity contribution < 1.29 is 0 Å². The van der Waals surface area contributed by atoms with Crippen molar-refractivity contribution in [2.45, 2.75) is 0 Å². The summed E-state index contributed by atoms with van der Waals surface area (Å²) in [4.78, 5) is 4.59. The van der Waals surface area contributed by atoms with Gasteiger partial charge in [-0.3, -0.25) is 0 Å². The maximum absolute atomic E-state index is 6.21. The summed E-state index contributed by atoms with van der Waals surface area (Å²) in [5.41, 5.74) is 2.06. The third-order valence-corrected chi connectivity index (χ3v) is 3.95. The van der Waals surface area contributed by atoms with Crippen LogP contribution in [0.1, 0.15) is 0 Å². The molecule has 0 bridgehead atoms. The summed E-state index contributed by atoms with van der Waals surface area (Å²) in [6, 6.07) is 24.8. The molecule has 2 heteroatoms. The Morgan fingerprint density at radius 1 is 0.667 bits per heavy atom. The molecular formula is C19H12ClN. The Morgan fingerprint density at radius 2 is 1.33 bits per heavy atom. The molecule has 0 unspecified atom stereocenters. The van der Waals surface area contributed by atoms with E-state index in [1.165, 1.54) is 10.8 Å². The highest BCUT2D eigenvalue weighted by molar-refractivity contribution is 6.30. The van der Waals surface area contributed by atoms with Crippen molar-refractivity contribution in [3.63, 3.8) is 0 Å². The van der Waals surface area contributed by atoms with Gasteiger partial charge in [0.25, 0.3) is 0 Å². The van der Waals surface area contributed by atoms with Gasteiger partial charge in [0.1, 0.15) is 5.15 Å². The lowest BCUT2D eigenvalue weighted by Gasteiger charge is -2.10. The maximum Gasteiger partial charge on any atom is 0.130 e. The first-order chi connectivity index (χ1) is 10.3. The summed E-state index contributed by atoms with van der Waals surface area (Å²) in [5, 5.41) is 5.16. The summed E-state index contributed by atoms with van der Waals surface area (Å²) in [7, 11) is 0. The lowest BCUT2D eigenvalue weighted by molar-refractivity contribution is 1.36. The van der Waals surface area contributed by atoms with Crippen molar-refractivity contribution >= 4 is 33.1 Å². The average molecular weight is 290 g/mol. The number of fused-ring (bicyclic) bond motifs is 2. The molecule has 4 rings (SSSR count). The zero-order chi connectivity index (χ0) is 14.2. The average Bonchev–Trinajstić information content (AvgIpc) is 2.53. The Bertz CT molecular complexity index is 954. The van der Waals surface area contributed by atoms with Gasteiger partial charge in [-0.15, -0.1) is 0 Å². The van der Waals surface area contributed by atoms with E-state index < -0.39 is 0 Å². The lowest BCUT2D eigenvalue weighted by atomic mass is 9.98. The normalized spacial score (nSPS) is 11.1. The van der Waals surface area contributed by atoms with E-state index in [0.717, 1.165) is 22.0 Å². The predicted molar refractivity (Wildman–Crippen MR) is 89.7 cm³/mol. The highest BCUT2D eigenvalue weighted by Gasteiger charge is 2.10. The highest BCUT2D eigenvalue weighted by atomic mass is 35.5. The molecule has 0 saturated carbocycles. The van der Waals surface area contributed by atoms with Crippen LogP contribution >= 0.6 is 11.6 Å². The van der Waals surface area contributed by atoms with Crippen molar-refractivity contribution in [2.24, 2.45) is 0 Å². The fourth-order valence-electron chi connectivity index (χ4n) is 2.80. The number of hydrogen-bond acceptors (Lipinski definition) is 1. The minimum Gasteiger partial charge on any atom is -0.235 e. The molecule has 0 aliphatic rings. The van der Waals surface area contributed by atoms with Crippen LogP contribution in [0.4, 0.5) is 0 Å². The van der Waals surface area contributed by atoms with Crippen LogP contribution in [0.3, 0.4) is 0 Å². The van der Waals surface area contributed by atoms with Crippen LogP contribution in [-0.2, 0) is 0 Å². The zero-order valence-electron chi connectivity index (χ0n) is 11.3. The largest absolute Gasteiger partial charge is 0.235 e. The third kappa shape index (κ3) is 2.07. The Morgan fingerprint density at radius 3 is 2.19 bits per heavy atom. The van der Waals surface area contributed by atoms with Crippen molar-refractivity contribution in [1.82, 2.24) is 4.98 Å². The Labute approximate surface area is 127 Å². The summed E-state index contributed by atoms with van der Waals surface area (Å²) in [6.45, 7) is 0. The van der Waals surface area contributed by atoms with Gasteiger partial charge in [0.05, 0.1) is 5.69 Å². The van der Waals surface area contributed by atoms with E-state index >= 15 is 0 Å². The molecule has 0 atom stereocenters. The number of rotatable bonds is 1. The number of hydrogen-bond donors (Lipinski definition) is 0. The van der Waals surface area contributed by atoms with Crippen LogP contribution in [0.5, 0.6) is 0 Å². The third-order valence-electron chi connectivity index (χ3n) is 3.75. The molecule has 0 saturated heterocycles. The molecule has 1 nitrogen and oxygen atoms in total. The van der Waals surface area contributed by atoms with Gasteiger partial charge in [0, 0.05) is 10.9 Å². The molecule has 0 N–H and O–H groups in total. The number of halogens is 1. The minimum absolute atomic E-state index is 0.525. The van der Waals surface area contributed by atoms with E-state index in [-0.39, 0.29) is 0 Å². The first-order valence-electron chi connectivity index (χ1n) is 6.86. The zero-order valence-corrected chi connectivity index (χ0v) is 12.0. The van der Waals surface area contributed by atoms with E-state index in [2.05, 4.69) is 59.6 Å². The monoisotopic (exact) mass is 289 g/mol. The topological polar surface area (TPSA) is 12.9 Å². The molecule has 0 radical (unpaired) electrons. The van der Waals surface area contributed by atoms with Crippen LogP contribution in [0, 0.1) is 0 Å². The molecule has 0 fully saturated rings. The molecule has 3 aromatic carbocycles. The maximum atomic E-state index is 6.21. The van der Waals surface area contributed by atoms with Crippen LogP contribution < -0.4 is 0 Å². The lowest BCUT2D eigenvalue weighted by Crippen LogP contribution is -1.89. The molecule has 0 amide bonds. The Balaban J connectivity index is 2.14.